The fourth-order valence-electron chi connectivity index (χ4n) is 2.19. The van der Waals surface area contributed by atoms with Gasteiger partial charge in [-0.3, -0.25) is 0 Å². The predicted molar refractivity (Wildman–Crippen MR) is 80.2 cm³/mol. The van der Waals surface area contributed by atoms with Crippen LogP contribution in [0.5, 0.6) is 0 Å². The van der Waals surface area contributed by atoms with Crippen molar-refractivity contribution in [2.75, 3.05) is 31.1 Å². The monoisotopic (exact) mass is 276 g/mol. The van der Waals surface area contributed by atoms with Gasteiger partial charge in [0.25, 0.3) is 0 Å². The normalized spacial score (nSPS) is 14.9. The topological polar surface area (TPSA) is 15.3 Å². The Bertz CT molecular complexity index is 361. The van der Waals surface area contributed by atoms with Crippen LogP contribution in [0.25, 0.3) is 0 Å². The molecule has 0 bridgehead atoms. The van der Waals surface area contributed by atoms with Gasteiger partial charge in [-0.25, -0.2) is 0 Å². The van der Waals surface area contributed by atoms with Crippen LogP contribution in [-0.2, 0) is 0 Å². The highest BCUT2D eigenvalue weighted by atomic mass is 35.5. The first kappa shape index (κ1) is 16.6. The second-order valence-corrected chi connectivity index (χ2v) is 4.46. The van der Waals surface area contributed by atoms with E-state index in [0.717, 1.165) is 26.2 Å². The predicted octanol–water partition coefficient (Wildman–Crippen LogP) is 2.87. The molecule has 0 atom stereocenters. The van der Waals surface area contributed by atoms with E-state index >= 15 is 0 Å². The smallest absolute Gasteiger partial charge is 0.0399 e. The average Bonchev–Trinajstić information content (AvgIpc) is 2.25. The molecule has 1 aliphatic heterocycles. The lowest BCUT2D eigenvalue weighted by Gasteiger charge is -2.31. The summed E-state index contributed by atoms with van der Waals surface area (Å²) in [6, 6.07) is 4.63. The van der Waals surface area contributed by atoms with E-state index in [9.17, 15) is 0 Å². The molecule has 1 aromatic rings. The summed E-state index contributed by atoms with van der Waals surface area (Å²) >= 11 is 0. The van der Waals surface area contributed by atoms with Crippen LogP contribution in [0.15, 0.2) is 12.1 Å². The van der Waals surface area contributed by atoms with Gasteiger partial charge in [-0.05, 0) is 43.5 Å². The number of hydrogen-bond acceptors (Lipinski definition) is 2. The molecule has 1 fully saturated rings. The minimum Gasteiger partial charge on any atom is -0.369 e. The summed E-state index contributed by atoms with van der Waals surface area (Å²) in [5, 5.41) is 3.39. The molecule has 0 aliphatic carbocycles. The summed E-state index contributed by atoms with van der Waals surface area (Å²) in [6.07, 6.45) is 0. The van der Waals surface area contributed by atoms with E-state index < -0.39 is 0 Å². The van der Waals surface area contributed by atoms with Crippen molar-refractivity contribution in [3.8, 4) is 0 Å². The molecule has 1 saturated heterocycles. The van der Waals surface area contributed by atoms with Crippen LogP contribution >= 0.6 is 24.8 Å². The van der Waals surface area contributed by atoms with Crippen LogP contribution < -0.4 is 10.2 Å². The Hall–Kier alpha value is -0.440. The summed E-state index contributed by atoms with van der Waals surface area (Å²) in [4.78, 5) is 2.48. The molecule has 1 aromatic carbocycles. The zero-order valence-corrected chi connectivity index (χ0v) is 12.4. The summed E-state index contributed by atoms with van der Waals surface area (Å²) in [7, 11) is 0. The fraction of sp³-hybridized carbons (Fsp3) is 0.538. The number of anilines is 1. The zero-order chi connectivity index (χ0) is 10.8. The second kappa shape index (κ2) is 7.10. The number of nitrogens with one attached hydrogen (secondary N) is 1. The number of benzene rings is 1. The molecule has 17 heavy (non-hydrogen) atoms. The standard InChI is InChI=1S/C13H20N2.2ClH/c1-10-8-12(3)13(9-11(10)2)15-6-4-14-5-7-15;;/h8-9,14H,4-7H2,1-3H3;2*1H. The molecule has 2 nitrogen and oxygen atoms in total. The maximum absolute atomic E-state index is 3.39. The molecule has 1 heterocycles. The van der Waals surface area contributed by atoms with Crippen molar-refractivity contribution >= 4 is 30.5 Å². The van der Waals surface area contributed by atoms with Crippen LogP contribution in [0.2, 0.25) is 0 Å². The van der Waals surface area contributed by atoms with Crippen molar-refractivity contribution in [2.45, 2.75) is 20.8 Å². The average molecular weight is 277 g/mol. The highest BCUT2D eigenvalue weighted by Crippen LogP contribution is 2.24. The third-order valence-electron chi connectivity index (χ3n) is 3.27. The van der Waals surface area contributed by atoms with Crippen LogP contribution in [-0.4, -0.2) is 26.2 Å². The summed E-state index contributed by atoms with van der Waals surface area (Å²) in [5.41, 5.74) is 5.61. The third-order valence-corrected chi connectivity index (χ3v) is 3.27. The van der Waals surface area contributed by atoms with Gasteiger partial charge in [-0.15, -0.1) is 24.8 Å². The summed E-state index contributed by atoms with van der Waals surface area (Å²) < 4.78 is 0. The Morgan fingerprint density at radius 2 is 1.41 bits per heavy atom. The van der Waals surface area contributed by atoms with E-state index in [-0.39, 0.29) is 24.8 Å². The molecule has 2 rings (SSSR count). The SMILES string of the molecule is Cc1cc(C)c(N2CCNCC2)cc1C.Cl.Cl. The second-order valence-electron chi connectivity index (χ2n) is 4.46. The van der Waals surface area contributed by atoms with E-state index in [2.05, 4.69) is 43.1 Å². The Kier molecular flexibility index (Phi) is 6.91. The van der Waals surface area contributed by atoms with Gasteiger partial charge in [0.2, 0.25) is 0 Å². The van der Waals surface area contributed by atoms with Crippen molar-refractivity contribution in [3.05, 3.63) is 28.8 Å². The number of rotatable bonds is 1. The van der Waals surface area contributed by atoms with E-state index in [1.807, 2.05) is 0 Å². The van der Waals surface area contributed by atoms with E-state index in [1.54, 1.807) is 0 Å². The molecular formula is C13H22Cl2N2. The molecule has 0 spiro atoms. The minimum absolute atomic E-state index is 0. The molecule has 98 valence electrons. The van der Waals surface area contributed by atoms with Crippen molar-refractivity contribution in [1.29, 1.82) is 0 Å². The number of nitrogens with zero attached hydrogens (tertiary/aromatic N) is 1. The quantitative estimate of drug-likeness (QED) is 0.849. The molecule has 0 aromatic heterocycles. The molecular weight excluding hydrogens is 255 g/mol. The van der Waals surface area contributed by atoms with Gasteiger partial charge >= 0.3 is 0 Å². The lowest BCUT2D eigenvalue weighted by atomic mass is 10.0. The van der Waals surface area contributed by atoms with Crippen LogP contribution in [0.4, 0.5) is 5.69 Å². The van der Waals surface area contributed by atoms with Crippen LogP contribution in [0.1, 0.15) is 16.7 Å². The number of piperazine rings is 1. The van der Waals surface area contributed by atoms with Crippen molar-refractivity contribution < 1.29 is 0 Å². The largest absolute Gasteiger partial charge is 0.369 e. The third kappa shape index (κ3) is 3.77. The molecule has 4 heteroatoms. The Morgan fingerprint density at radius 1 is 0.882 bits per heavy atom. The summed E-state index contributed by atoms with van der Waals surface area (Å²) in [5.74, 6) is 0. The summed E-state index contributed by atoms with van der Waals surface area (Å²) in [6.45, 7) is 11.1. The zero-order valence-electron chi connectivity index (χ0n) is 10.7. The van der Waals surface area contributed by atoms with Crippen molar-refractivity contribution in [3.63, 3.8) is 0 Å². The molecule has 1 N–H and O–H groups in total. The van der Waals surface area contributed by atoms with E-state index in [0.29, 0.717) is 0 Å². The van der Waals surface area contributed by atoms with Gasteiger partial charge in [0.15, 0.2) is 0 Å². The highest BCUT2D eigenvalue weighted by Gasteiger charge is 2.13. The first-order valence-electron chi connectivity index (χ1n) is 5.72. The van der Waals surface area contributed by atoms with Gasteiger partial charge in [0.05, 0.1) is 0 Å². The van der Waals surface area contributed by atoms with E-state index in [4.69, 9.17) is 0 Å². The lowest BCUT2D eigenvalue weighted by molar-refractivity contribution is 0.588. The molecule has 0 saturated carbocycles. The van der Waals surface area contributed by atoms with Gasteiger partial charge < -0.3 is 10.2 Å². The number of hydrogen-bond donors (Lipinski definition) is 1. The van der Waals surface area contributed by atoms with Gasteiger partial charge in [0.1, 0.15) is 0 Å². The molecule has 1 aliphatic rings. The highest BCUT2D eigenvalue weighted by molar-refractivity contribution is 5.85. The van der Waals surface area contributed by atoms with E-state index in [1.165, 1.54) is 22.4 Å². The number of halogens is 2. The first-order chi connectivity index (χ1) is 7.18. The van der Waals surface area contributed by atoms with Crippen LogP contribution in [0.3, 0.4) is 0 Å². The van der Waals surface area contributed by atoms with Crippen molar-refractivity contribution in [2.24, 2.45) is 0 Å². The lowest BCUT2D eigenvalue weighted by Crippen LogP contribution is -2.43. The van der Waals surface area contributed by atoms with Gasteiger partial charge in [0, 0.05) is 31.9 Å². The maximum atomic E-state index is 3.39. The Labute approximate surface area is 117 Å². The molecule has 0 radical (unpaired) electrons. The van der Waals surface area contributed by atoms with Gasteiger partial charge in [-0.2, -0.15) is 0 Å². The van der Waals surface area contributed by atoms with Crippen LogP contribution in [0, 0.1) is 20.8 Å². The Morgan fingerprint density at radius 3 is 2.00 bits per heavy atom. The minimum atomic E-state index is 0. The maximum Gasteiger partial charge on any atom is 0.0399 e. The molecule has 0 amide bonds. The molecule has 0 unspecified atom stereocenters. The fourth-order valence-corrected chi connectivity index (χ4v) is 2.19. The van der Waals surface area contributed by atoms with Crippen molar-refractivity contribution in [1.82, 2.24) is 5.32 Å². The van der Waals surface area contributed by atoms with Gasteiger partial charge in [-0.1, -0.05) is 6.07 Å². The Balaban J connectivity index is 0.00000128. The first-order valence-corrected chi connectivity index (χ1v) is 5.72. The number of aryl methyl sites for hydroxylation is 3.